The van der Waals surface area contributed by atoms with Gasteiger partial charge in [-0.2, -0.15) is 0 Å². The van der Waals surface area contributed by atoms with Crippen molar-refractivity contribution in [3.8, 4) is 0 Å². The molecule has 0 bridgehead atoms. The molecule has 0 spiro atoms. The van der Waals surface area contributed by atoms with Crippen LogP contribution in [0.4, 0.5) is 5.69 Å². The van der Waals surface area contributed by atoms with Gasteiger partial charge in [0.1, 0.15) is 0 Å². The molecule has 0 saturated heterocycles. The van der Waals surface area contributed by atoms with Crippen LogP contribution in [0, 0.1) is 6.92 Å². The van der Waals surface area contributed by atoms with Crippen LogP contribution in [0.25, 0.3) is 0 Å². The SMILES string of the molecule is Cc1cc(N)cc(C(=O)NCC2(O)CCCCC2)c1. The van der Waals surface area contributed by atoms with E-state index in [2.05, 4.69) is 5.32 Å². The molecule has 104 valence electrons. The molecule has 19 heavy (non-hydrogen) atoms. The highest BCUT2D eigenvalue weighted by Crippen LogP contribution is 2.27. The smallest absolute Gasteiger partial charge is 0.251 e. The van der Waals surface area contributed by atoms with E-state index in [9.17, 15) is 9.90 Å². The number of nitrogens with one attached hydrogen (secondary N) is 1. The Morgan fingerprint density at radius 2 is 2.00 bits per heavy atom. The summed E-state index contributed by atoms with van der Waals surface area (Å²) in [5.41, 5.74) is 7.10. The highest BCUT2D eigenvalue weighted by molar-refractivity contribution is 5.95. The second kappa shape index (κ2) is 5.61. The molecule has 1 aromatic rings. The molecule has 4 N–H and O–H groups in total. The number of aryl methyl sites for hydroxylation is 1. The normalized spacial score (nSPS) is 18.0. The number of hydrogen-bond donors (Lipinski definition) is 3. The number of carbonyl (C=O) groups is 1. The third kappa shape index (κ3) is 3.70. The number of nitrogen functional groups attached to an aromatic ring is 1. The first-order valence-corrected chi connectivity index (χ1v) is 6.86. The molecular weight excluding hydrogens is 240 g/mol. The van der Waals surface area contributed by atoms with Crippen molar-refractivity contribution in [1.82, 2.24) is 5.32 Å². The summed E-state index contributed by atoms with van der Waals surface area (Å²) in [4.78, 5) is 12.1. The van der Waals surface area contributed by atoms with E-state index in [0.717, 1.165) is 31.2 Å². The highest BCUT2D eigenvalue weighted by atomic mass is 16.3. The lowest BCUT2D eigenvalue weighted by Crippen LogP contribution is -2.44. The third-order valence-corrected chi connectivity index (χ3v) is 3.72. The minimum Gasteiger partial charge on any atom is -0.399 e. The third-order valence-electron chi connectivity index (χ3n) is 3.72. The first-order chi connectivity index (χ1) is 8.98. The Morgan fingerprint density at radius 3 is 2.63 bits per heavy atom. The van der Waals surface area contributed by atoms with Gasteiger partial charge in [0.05, 0.1) is 5.60 Å². The van der Waals surface area contributed by atoms with Crippen LogP contribution in [-0.4, -0.2) is 23.2 Å². The number of aliphatic hydroxyl groups is 1. The fourth-order valence-corrected chi connectivity index (χ4v) is 2.68. The molecule has 0 heterocycles. The first kappa shape index (κ1) is 13.9. The van der Waals surface area contributed by atoms with Crippen LogP contribution in [0.1, 0.15) is 48.0 Å². The zero-order chi connectivity index (χ0) is 13.9. The summed E-state index contributed by atoms with van der Waals surface area (Å²) in [6.45, 7) is 2.22. The maximum Gasteiger partial charge on any atom is 0.251 e. The number of rotatable bonds is 3. The Balaban J connectivity index is 1.97. The Labute approximate surface area is 114 Å². The van der Waals surface area contributed by atoms with Crippen LogP contribution in [0.3, 0.4) is 0 Å². The molecule has 1 aromatic carbocycles. The summed E-state index contributed by atoms with van der Waals surface area (Å²) in [5, 5.41) is 13.2. The largest absolute Gasteiger partial charge is 0.399 e. The molecule has 1 aliphatic rings. The Hall–Kier alpha value is -1.55. The van der Waals surface area contributed by atoms with Gasteiger partial charge in [0.2, 0.25) is 0 Å². The molecule has 0 aliphatic heterocycles. The van der Waals surface area contributed by atoms with E-state index in [0.29, 0.717) is 17.8 Å². The Morgan fingerprint density at radius 1 is 1.32 bits per heavy atom. The lowest BCUT2D eigenvalue weighted by Gasteiger charge is -2.32. The second-order valence-corrected chi connectivity index (χ2v) is 5.60. The molecule has 1 amide bonds. The van der Waals surface area contributed by atoms with Gasteiger partial charge in [-0.1, -0.05) is 19.3 Å². The number of anilines is 1. The molecule has 4 nitrogen and oxygen atoms in total. The zero-order valence-corrected chi connectivity index (χ0v) is 11.4. The maximum atomic E-state index is 12.1. The lowest BCUT2D eigenvalue weighted by molar-refractivity contribution is 0.00526. The van der Waals surface area contributed by atoms with Gasteiger partial charge in [0.25, 0.3) is 5.91 Å². The van der Waals surface area contributed by atoms with E-state index in [4.69, 9.17) is 5.73 Å². The van der Waals surface area contributed by atoms with Gasteiger partial charge in [-0.25, -0.2) is 0 Å². The van der Waals surface area contributed by atoms with Gasteiger partial charge >= 0.3 is 0 Å². The molecule has 1 aliphatic carbocycles. The van der Waals surface area contributed by atoms with Crippen molar-refractivity contribution in [1.29, 1.82) is 0 Å². The Bertz CT molecular complexity index is 445. The second-order valence-electron chi connectivity index (χ2n) is 5.60. The fraction of sp³-hybridized carbons (Fsp3) is 0.533. The number of hydrogen-bond acceptors (Lipinski definition) is 3. The van der Waals surface area contributed by atoms with Crippen LogP contribution >= 0.6 is 0 Å². The maximum absolute atomic E-state index is 12.1. The predicted molar refractivity (Wildman–Crippen MR) is 76.0 cm³/mol. The van der Waals surface area contributed by atoms with Crippen molar-refractivity contribution in [3.05, 3.63) is 29.3 Å². The van der Waals surface area contributed by atoms with E-state index in [-0.39, 0.29) is 5.91 Å². The monoisotopic (exact) mass is 262 g/mol. The molecular formula is C15H22N2O2. The average Bonchev–Trinajstić information content (AvgIpc) is 2.36. The van der Waals surface area contributed by atoms with Crippen LogP contribution in [-0.2, 0) is 0 Å². The van der Waals surface area contributed by atoms with E-state index in [1.54, 1.807) is 12.1 Å². The van der Waals surface area contributed by atoms with Gasteiger partial charge in [0.15, 0.2) is 0 Å². The van der Waals surface area contributed by atoms with Crippen LogP contribution in [0.2, 0.25) is 0 Å². The summed E-state index contributed by atoms with van der Waals surface area (Å²) in [7, 11) is 0. The summed E-state index contributed by atoms with van der Waals surface area (Å²) in [6, 6.07) is 5.29. The fourth-order valence-electron chi connectivity index (χ4n) is 2.68. The van der Waals surface area contributed by atoms with Gasteiger partial charge in [-0.15, -0.1) is 0 Å². The molecule has 0 unspecified atom stereocenters. The summed E-state index contributed by atoms with van der Waals surface area (Å²) >= 11 is 0. The van der Waals surface area contributed by atoms with E-state index >= 15 is 0 Å². The lowest BCUT2D eigenvalue weighted by atomic mass is 9.85. The van der Waals surface area contributed by atoms with Gasteiger partial charge in [-0.05, 0) is 43.5 Å². The van der Waals surface area contributed by atoms with Gasteiger partial charge in [0, 0.05) is 17.8 Å². The van der Waals surface area contributed by atoms with E-state index in [1.165, 1.54) is 6.42 Å². The average molecular weight is 262 g/mol. The number of amides is 1. The topological polar surface area (TPSA) is 75.4 Å². The minimum absolute atomic E-state index is 0.172. The van der Waals surface area contributed by atoms with Crippen LogP contribution in [0.15, 0.2) is 18.2 Å². The summed E-state index contributed by atoms with van der Waals surface area (Å²) < 4.78 is 0. The zero-order valence-electron chi connectivity index (χ0n) is 11.4. The van der Waals surface area contributed by atoms with Crippen LogP contribution < -0.4 is 11.1 Å². The number of carbonyl (C=O) groups excluding carboxylic acids is 1. The first-order valence-electron chi connectivity index (χ1n) is 6.86. The summed E-state index contributed by atoms with van der Waals surface area (Å²) in [5.74, 6) is -0.172. The molecule has 1 fully saturated rings. The predicted octanol–water partition coefficient (Wildman–Crippen LogP) is 2.00. The number of benzene rings is 1. The summed E-state index contributed by atoms with van der Waals surface area (Å²) in [6.07, 6.45) is 4.77. The minimum atomic E-state index is -0.733. The standard InChI is InChI=1S/C15H22N2O2/c1-11-7-12(9-13(16)8-11)14(18)17-10-15(19)5-3-2-4-6-15/h7-9,19H,2-6,10,16H2,1H3,(H,17,18). The molecule has 2 rings (SSSR count). The van der Waals surface area contributed by atoms with E-state index in [1.807, 2.05) is 13.0 Å². The molecule has 0 radical (unpaired) electrons. The Kier molecular flexibility index (Phi) is 4.10. The quantitative estimate of drug-likeness (QED) is 0.729. The van der Waals surface area contributed by atoms with Crippen molar-refractivity contribution < 1.29 is 9.90 Å². The van der Waals surface area contributed by atoms with Crippen molar-refractivity contribution in [2.75, 3.05) is 12.3 Å². The molecule has 1 saturated carbocycles. The molecule has 0 aromatic heterocycles. The van der Waals surface area contributed by atoms with Gasteiger partial charge in [-0.3, -0.25) is 4.79 Å². The number of nitrogens with two attached hydrogens (primary N) is 1. The van der Waals surface area contributed by atoms with E-state index < -0.39 is 5.60 Å². The molecule has 0 atom stereocenters. The van der Waals surface area contributed by atoms with Crippen molar-refractivity contribution in [2.45, 2.75) is 44.6 Å². The highest BCUT2D eigenvalue weighted by Gasteiger charge is 2.29. The van der Waals surface area contributed by atoms with Crippen molar-refractivity contribution in [3.63, 3.8) is 0 Å². The van der Waals surface area contributed by atoms with Crippen LogP contribution in [0.5, 0.6) is 0 Å². The van der Waals surface area contributed by atoms with Gasteiger partial charge < -0.3 is 16.2 Å². The van der Waals surface area contributed by atoms with Crippen molar-refractivity contribution >= 4 is 11.6 Å². The molecule has 4 heteroatoms. The van der Waals surface area contributed by atoms with Crippen molar-refractivity contribution in [2.24, 2.45) is 0 Å².